The average Bonchev–Trinajstić information content (AvgIpc) is 2.34. The van der Waals surface area contributed by atoms with Crippen LogP contribution in [-0.4, -0.2) is 29.6 Å². The van der Waals surface area contributed by atoms with Gasteiger partial charge in [0.15, 0.2) is 0 Å². The molecular weight excluding hydrogens is 171 g/mol. The summed E-state index contributed by atoms with van der Waals surface area (Å²) in [6.45, 7) is 0.950. The zero-order valence-corrected chi connectivity index (χ0v) is 7.17. The van der Waals surface area contributed by atoms with Gasteiger partial charge in [-0.25, -0.2) is 0 Å². The van der Waals surface area contributed by atoms with E-state index in [9.17, 15) is 13.6 Å². The van der Waals surface area contributed by atoms with E-state index >= 15 is 0 Å². The van der Waals surface area contributed by atoms with Crippen molar-refractivity contribution in [3.63, 3.8) is 0 Å². The molecule has 1 unspecified atom stereocenters. The van der Waals surface area contributed by atoms with Gasteiger partial charge < -0.3 is 4.90 Å². The third-order valence-corrected chi connectivity index (χ3v) is 1.93. The predicted molar refractivity (Wildman–Crippen MR) is 40.5 cm³/mol. The molecule has 1 aliphatic rings. The van der Waals surface area contributed by atoms with Crippen LogP contribution < -0.4 is 0 Å². The lowest BCUT2D eigenvalue weighted by molar-refractivity contribution is -0.145. The minimum atomic E-state index is -3.27. The second-order valence-electron chi connectivity index (χ2n) is 2.62. The Kier molecular flexibility index (Phi) is 2.43. The number of rotatable bonds is 1. The Hall–Kier alpha value is -0.240. The van der Waals surface area contributed by atoms with Gasteiger partial charge in [-0.3, -0.25) is 4.79 Å². The van der Waals surface area contributed by atoms with Crippen LogP contribution in [0.4, 0.5) is 8.78 Å². The van der Waals surface area contributed by atoms with Crippen LogP contribution in [0.15, 0.2) is 0 Å². The van der Waals surface area contributed by atoms with Gasteiger partial charge in [0, 0.05) is 13.1 Å². The second kappa shape index (κ2) is 3.02. The first-order chi connectivity index (χ1) is 5.02. The molecule has 0 aromatic rings. The van der Waals surface area contributed by atoms with Crippen LogP contribution in [0, 0.1) is 0 Å². The monoisotopic (exact) mass is 181 g/mol. The molecule has 0 radical (unpaired) electrons. The van der Waals surface area contributed by atoms with Crippen molar-refractivity contribution in [1.82, 2.24) is 4.90 Å². The topological polar surface area (TPSA) is 20.3 Å². The van der Waals surface area contributed by atoms with Gasteiger partial charge in [-0.15, -0.1) is 0 Å². The first-order valence-electron chi connectivity index (χ1n) is 3.48. The molecule has 1 fully saturated rings. The quantitative estimate of drug-likeness (QED) is 0.554. The molecule has 0 aliphatic carbocycles. The second-order valence-corrected chi connectivity index (χ2v) is 3.35. The van der Waals surface area contributed by atoms with Crippen LogP contribution in [-0.2, 0) is 4.79 Å². The van der Waals surface area contributed by atoms with Crippen LogP contribution in [0.1, 0.15) is 12.8 Å². The molecular formula is C6H10F2NOP. The molecule has 0 aromatic carbocycles. The van der Waals surface area contributed by atoms with Crippen molar-refractivity contribution in [3.8, 4) is 0 Å². The van der Waals surface area contributed by atoms with Crippen molar-refractivity contribution in [3.05, 3.63) is 0 Å². The summed E-state index contributed by atoms with van der Waals surface area (Å²) in [6.07, 6.45) is 1.68. The molecule has 11 heavy (non-hydrogen) atoms. The summed E-state index contributed by atoms with van der Waals surface area (Å²) in [7, 11) is 1.26. The highest BCUT2D eigenvalue weighted by atomic mass is 31.0. The van der Waals surface area contributed by atoms with Crippen molar-refractivity contribution in [2.75, 3.05) is 13.1 Å². The van der Waals surface area contributed by atoms with Gasteiger partial charge in [-0.2, -0.15) is 8.78 Å². The Morgan fingerprint density at radius 1 is 1.36 bits per heavy atom. The van der Waals surface area contributed by atoms with Crippen molar-refractivity contribution >= 4 is 15.1 Å². The zero-order valence-electron chi connectivity index (χ0n) is 6.02. The predicted octanol–water partition coefficient (Wildman–Crippen LogP) is 1.08. The Morgan fingerprint density at radius 2 is 1.82 bits per heavy atom. The van der Waals surface area contributed by atoms with Gasteiger partial charge in [-0.05, 0) is 12.8 Å². The van der Waals surface area contributed by atoms with Gasteiger partial charge in [0.25, 0.3) is 5.91 Å². The van der Waals surface area contributed by atoms with Crippen LogP contribution in [0.3, 0.4) is 0 Å². The molecule has 64 valence electrons. The summed E-state index contributed by atoms with van der Waals surface area (Å²) in [5.74, 6) is -1.07. The van der Waals surface area contributed by atoms with E-state index in [2.05, 4.69) is 0 Å². The van der Waals surface area contributed by atoms with E-state index in [-0.39, 0.29) is 0 Å². The molecule has 1 atom stereocenters. The fourth-order valence-electron chi connectivity index (χ4n) is 1.13. The van der Waals surface area contributed by atoms with E-state index in [1.165, 1.54) is 14.1 Å². The molecule has 0 aromatic heterocycles. The normalized spacial score (nSPS) is 19.0. The standard InChI is InChI=1S/C6H10F2NOP/c7-6(8,11)5(10)9-3-1-2-4-9/h1-4,11H2. The number of nitrogens with zero attached hydrogens (tertiary/aromatic N) is 1. The molecule has 0 N–H and O–H groups in total. The summed E-state index contributed by atoms with van der Waals surface area (Å²) >= 11 is 0. The molecule has 0 bridgehead atoms. The summed E-state index contributed by atoms with van der Waals surface area (Å²) in [5.41, 5.74) is -3.27. The summed E-state index contributed by atoms with van der Waals surface area (Å²) in [6, 6.07) is 0. The Bertz CT molecular complexity index is 162. The van der Waals surface area contributed by atoms with E-state index in [0.717, 1.165) is 12.8 Å². The van der Waals surface area contributed by atoms with Crippen molar-refractivity contribution in [1.29, 1.82) is 0 Å². The first-order valence-corrected chi connectivity index (χ1v) is 4.05. The van der Waals surface area contributed by atoms with E-state index in [4.69, 9.17) is 0 Å². The summed E-state index contributed by atoms with van der Waals surface area (Å²) in [5, 5.41) is 0. The highest BCUT2D eigenvalue weighted by Crippen LogP contribution is 2.26. The van der Waals surface area contributed by atoms with Gasteiger partial charge in [-0.1, -0.05) is 9.24 Å². The zero-order chi connectivity index (χ0) is 8.48. The molecule has 2 nitrogen and oxygen atoms in total. The molecule has 1 amide bonds. The van der Waals surface area contributed by atoms with Crippen LogP contribution >= 0.6 is 9.24 Å². The van der Waals surface area contributed by atoms with Crippen molar-refractivity contribution in [2.45, 2.75) is 18.5 Å². The fourth-order valence-corrected chi connectivity index (χ4v) is 1.31. The van der Waals surface area contributed by atoms with E-state index in [1.807, 2.05) is 0 Å². The number of alkyl halides is 2. The number of likely N-dealkylation sites (tertiary alicyclic amines) is 1. The van der Waals surface area contributed by atoms with E-state index in [0.29, 0.717) is 13.1 Å². The minimum absolute atomic E-state index is 0.475. The van der Waals surface area contributed by atoms with E-state index in [1.54, 1.807) is 0 Å². The average molecular weight is 181 g/mol. The number of halogens is 2. The molecule has 0 saturated carbocycles. The van der Waals surface area contributed by atoms with Crippen LogP contribution in [0.5, 0.6) is 0 Å². The first kappa shape index (κ1) is 8.85. The maximum Gasteiger partial charge on any atom is 0.335 e. The lowest BCUT2D eigenvalue weighted by atomic mass is 10.4. The Labute approximate surface area is 66.1 Å². The Balaban J connectivity index is 2.53. The SMILES string of the molecule is O=C(N1CCCC1)C(F)(F)P. The van der Waals surface area contributed by atoms with Crippen molar-refractivity contribution < 1.29 is 13.6 Å². The number of hydrogen-bond donors (Lipinski definition) is 0. The van der Waals surface area contributed by atoms with Gasteiger partial charge >= 0.3 is 5.66 Å². The number of carbonyl (C=O) groups is 1. The van der Waals surface area contributed by atoms with Gasteiger partial charge in [0.1, 0.15) is 0 Å². The lowest BCUT2D eigenvalue weighted by Gasteiger charge is -2.18. The molecule has 0 spiro atoms. The van der Waals surface area contributed by atoms with Gasteiger partial charge in [0.2, 0.25) is 0 Å². The van der Waals surface area contributed by atoms with E-state index < -0.39 is 11.6 Å². The highest BCUT2D eigenvalue weighted by molar-refractivity contribution is 7.20. The maximum absolute atomic E-state index is 12.3. The molecule has 1 rings (SSSR count). The number of carbonyl (C=O) groups excluding carboxylic acids is 1. The largest absolute Gasteiger partial charge is 0.337 e. The highest BCUT2D eigenvalue weighted by Gasteiger charge is 2.37. The fraction of sp³-hybridized carbons (Fsp3) is 0.833. The number of hydrogen-bond acceptors (Lipinski definition) is 1. The maximum atomic E-state index is 12.3. The van der Waals surface area contributed by atoms with Crippen molar-refractivity contribution in [2.24, 2.45) is 0 Å². The molecule has 1 saturated heterocycles. The van der Waals surface area contributed by atoms with Gasteiger partial charge in [0.05, 0.1) is 0 Å². The third-order valence-electron chi connectivity index (χ3n) is 1.68. The smallest absolute Gasteiger partial charge is 0.335 e. The third kappa shape index (κ3) is 2.09. The Morgan fingerprint density at radius 3 is 2.18 bits per heavy atom. The molecule has 1 heterocycles. The van der Waals surface area contributed by atoms with Crippen LogP contribution in [0.25, 0.3) is 0 Å². The summed E-state index contributed by atoms with van der Waals surface area (Å²) < 4.78 is 24.7. The number of amides is 1. The molecule has 5 heteroatoms. The lowest BCUT2D eigenvalue weighted by Crippen LogP contribution is -2.37. The van der Waals surface area contributed by atoms with Crippen LogP contribution in [0.2, 0.25) is 0 Å². The molecule has 1 aliphatic heterocycles. The minimum Gasteiger partial charge on any atom is -0.337 e. The summed E-state index contributed by atoms with van der Waals surface area (Å²) in [4.78, 5) is 12.0.